The molecule has 0 aliphatic carbocycles. The average molecular weight is 368 g/mol. The molecule has 2 aromatic carbocycles. The summed E-state index contributed by atoms with van der Waals surface area (Å²) in [7, 11) is 0. The van der Waals surface area contributed by atoms with Gasteiger partial charge in [-0.15, -0.1) is 0 Å². The molecule has 0 unspecified atom stereocenters. The Morgan fingerprint density at radius 2 is 1.63 bits per heavy atom. The number of carbonyl (C=O) groups is 3. The zero-order chi connectivity index (χ0) is 19.6. The second kappa shape index (κ2) is 10.1. The van der Waals surface area contributed by atoms with Crippen molar-refractivity contribution in [2.24, 2.45) is 5.92 Å². The van der Waals surface area contributed by atoms with Gasteiger partial charge in [0.25, 0.3) is 11.8 Å². The minimum atomic E-state index is -0.492. The van der Waals surface area contributed by atoms with Crippen molar-refractivity contribution in [1.82, 2.24) is 5.32 Å². The molecule has 0 fully saturated rings. The topological polar surface area (TPSA) is 84.5 Å². The Morgan fingerprint density at radius 3 is 2.33 bits per heavy atom. The van der Waals surface area contributed by atoms with Crippen LogP contribution in [0.15, 0.2) is 54.6 Å². The number of hydrogen-bond acceptors (Lipinski definition) is 4. The van der Waals surface area contributed by atoms with E-state index in [-0.39, 0.29) is 18.4 Å². The molecule has 0 saturated heterocycles. The van der Waals surface area contributed by atoms with Crippen LogP contribution in [0, 0.1) is 5.92 Å². The van der Waals surface area contributed by atoms with Crippen LogP contribution in [0.25, 0.3) is 0 Å². The number of amides is 2. The molecule has 0 aliphatic heterocycles. The summed E-state index contributed by atoms with van der Waals surface area (Å²) >= 11 is 0. The molecule has 0 spiro atoms. The van der Waals surface area contributed by atoms with Crippen LogP contribution in [0.1, 0.15) is 29.8 Å². The fourth-order valence-corrected chi connectivity index (χ4v) is 2.34. The maximum atomic E-state index is 12.4. The fraction of sp³-hybridized carbons (Fsp3) is 0.286. The number of nitrogens with one attached hydrogen (secondary N) is 2. The monoisotopic (exact) mass is 368 g/mol. The lowest BCUT2D eigenvalue weighted by Crippen LogP contribution is -2.28. The number of rotatable bonds is 8. The van der Waals surface area contributed by atoms with Crippen LogP contribution in [0.5, 0.6) is 0 Å². The summed E-state index contributed by atoms with van der Waals surface area (Å²) < 4.78 is 4.90. The Kier molecular flexibility index (Phi) is 7.55. The molecule has 6 heteroatoms. The standard InChI is InChI=1S/C21H24N2O4/c1-15(2)21(26)27-14-19(24)23-18-11-7-6-10-17(18)20(25)22-13-12-16-8-4-3-5-9-16/h3-11,15H,12-14H2,1-2H3,(H,22,25)(H,23,24). The van der Waals surface area contributed by atoms with E-state index in [0.717, 1.165) is 5.56 Å². The van der Waals surface area contributed by atoms with Gasteiger partial charge in [0.05, 0.1) is 17.2 Å². The molecule has 2 rings (SSSR count). The van der Waals surface area contributed by atoms with E-state index < -0.39 is 11.9 Å². The average Bonchev–Trinajstić information content (AvgIpc) is 2.67. The van der Waals surface area contributed by atoms with Crippen molar-refractivity contribution >= 4 is 23.5 Å². The van der Waals surface area contributed by atoms with E-state index in [4.69, 9.17) is 4.74 Å². The van der Waals surface area contributed by atoms with Gasteiger partial charge in [-0.1, -0.05) is 56.3 Å². The Hall–Kier alpha value is -3.15. The van der Waals surface area contributed by atoms with Crippen LogP contribution < -0.4 is 10.6 Å². The Morgan fingerprint density at radius 1 is 0.963 bits per heavy atom. The van der Waals surface area contributed by atoms with Gasteiger partial charge in [0.1, 0.15) is 0 Å². The van der Waals surface area contributed by atoms with E-state index in [0.29, 0.717) is 24.2 Å². The van der Waals surface area contributed by atoms with Crippen molar-refractivity contribution in [3.05, 3.63) is 65.7 Å². The molecule has 0 saturated carbocycles. The third-order valence-electron chi connectivity index (χ3n) is 3.80. The molecule has 0 atom stereocenters. The number of para-hydroxylation sites is 1. The molecular weight excluding hydrogens is 344 g/mol. The maximum absolute atomic E-state index is 12.4. The van der Waals surface area contributed by atoms with Gasteiger partial charge < -0.3 is 15.4 Å². The molecule has 27 heavy (non-hydrogen) atoms. The lowest BCUT2D eigenvalue weighted by Gasteiger charge is -2.12. The number of hydrogen-bond donors (Lipinski definition) is 2. The van der Waals surface area contributed by atoms with E-state index in [1.54, 1.807) is 38.1 Å². The molecular formula is C21H24N2O4. The number of ether oxygens (including phenoxy) is 1. The molecule has 0 heterocycles. The van der Waals surface area contributed by atoms with E-state index in [1.807, 2.05) is 30.3 Å². The van der Waals surface area contributed by atoms with Gasteiger partial charge in [-0.25, -0.2) is 0 Å². The van der Waals surface area contributed by atoms with E-state index in [9.17, 15) is 14.4 Å². The summed E-state index contributed by atoms with van der Waals surface area (Å²) in [4.78, 5) is 35.9. The van der Waals surface area contributed by atoms with Crippen LogP contribution in [-0.2, 0) is 20.7 Å². The van der Waals surface area contributed by atoms with Gasteiger partial charge in [0.2, 0.25) is 0 Å². The van der Waals surface area contributed by atoms with Gasteiger partial charge >= 0.3 is 5.97 Å². The fourth-order valence-electron chi connectivity index (χ4n) is 2.34. The Bertz CT molecular complexity index is 788. The highest BCUT2D eigenvalue weighted by molar-refractivity contribution is 6.04. The number of carbonyl (C=O) groups excluding carboxylic acids is 3. The number of benzene rings is 2. The zero-order valence-electron chi connectivity index (χ0n) is 15.5. The molecule has 0 radical (unpaired) electrons. The summed E-state index contributed by atoms with van der Waals surface area (Å²) in [6, 6.07) is 16.6. The van der Waals surface area contributed by atoms with Crippen molar-refractivity contribution in [2.75, 3.05) is 18.5 Å². The highest BCUT2D eigenvalue weighted by atomic mass is 16.5. The van der Waals surface area contributed by atoms with Crippen molar-refractivity contribution in [1.29, 1.82) is 0 Å². The highest BCUT2D eigenvalue weighted by Gasteiger charge is 2.15. The molecule has 0 aromatic heterocycles. The highest BCUT2D eigenvalue weighted by Crippen LogP contribution is 2.15. The van der Waals surface area contributed by atoms with Gasteiger partial charge in [-0.3, -0.25) is 14.4 Å². The molecule has 0 bridgehead atoms. The number of esters is 1. The molecule has 2 aromatic rings. The lowest BCUT2D eigenvalue weighted by molar-refractivity contribution is -0.150. The summed E-state index contributed by atoms with van der Waals surface area (Å²) in [5, 5.41) is 5.47. The predicted octanol–water partition coefficient (Wildman–Crippen LogP) is 2.80. The minimum absolute atomic E-state index is 0.277. The van der Waals surface area contributed by atoms with Crippen molar-refractivity contribution in [2.45, 2.75) is 20.3 Å². The van der Waals surface area contributed by atoms with Crippen molar-refractivity contribution in [3.8, 4) is 0 Å². The third-order valence-corrected chi connectivity index (χ3v) is 3.80. The first kappa shape index (κ1) is 20.2. The normalized spacial score (nSPS) is 10.3. The van der Waals surface area contributed by atoms with Crippen LogP contribution in [0.3, 0.4) is 0 Å². The molecule has 142 valence electrons. The second-order valence-electron chi connectivity index (χ2n) is 6.35. The summed E-state index contributed by atoms with van der Waals surface area (Å²) in [5.41, 5.74) is 1.86. The summed E-state index contributed by atoms with van der Waals surface area (Å²) in [5.74, 6) is -1.52. The Labute approximate surface area is 158 Å². The zero-order valence-corrected chi connectivity index (χ0v) is 15.5. The number of anilines is 1. The third kappa shape index (κ3) is 6.58. The first-order valence-corrected chi connectivity index (χ1v) is 8.85. The van der Waals surface area contributed by atoms with E-state index in [1.165, 1.54) is 0 Å². The van der Waals surface area contributed by atoms with Crippen LogP contribution in [-0.4, -0.2) is 30.9 Å². The van der Waals surface area contributed by atoms with E-state index in [2.05, 4.69) is 10.6 Å². The summed E-state index contributed by atoms with van der Waals surface area (Å²) in [6.45, 7) is 3.47. The van der Waals surface area contributed by atoms with Crippen molar-refractivity contribution in [3.63, 3.8) is 0 Å². The minimum Gasteiger partial charge on any atom is -0.455 e. The van der Waals surface area contributed by atoms with E-state index >= 15 is 0 Å². The van der Waals surface area contributed by atoms with Gasteiger partial charge in [0.15, 0.2) is 6.61 Å². The molecule has 2 N–H and O–H groups in total. The quantitative estimate of drug-likeness (QED) is 0.702. The molecule has 2 amide bonds. The van der Waals surface area contributed by atoms with Crippen LogP contribution >= 0.6 is 0 Å². The molecule has 6 nitrogen and oxygen atoms in total. The van der Waals surface area contributed by atoms with Gasteiger partial charge in [-0.2, -0.15) is 0 Å². The lowest BCUT2D eigenvalue weighted by atomic mass is 10.1. The summed E-state index contributed by atoms with van der Waals surface area (Å²) in [6.07, 6.45) is 0.715. The first-order valence-electron chi connectivity index (χ1n) is 8.85. The van der Waals surface area contributed by atoms with Crippen LogP contribution in [0.4, 0.5) is 5.69 Å². The first-order chi connectivity index (χ1) is 13.0. The largest absolute Gasteiger partial charge is 0.455 e. The predicted molar refractivity (Wildman–Crippen MR) is 103 cm³/mol. The van der Waals surface area contributed by atoms with Gasteiger partial charge in [-0.05, 0) is 24.1 Å². The maximum Gasteiger partial charge on any atom is 0.308 e. The SMILES string of the molecule is CC(C)C(=O)OCC(=O)Nc1ccccc1C(=O)NCCc1ccccc1. The smallest absolute Gasteiger partial charge is 0.308 e. The second-order valence-corrected chi connectivity index (χ2v) is 6.35. The van der Waals surface area contributed by atoms with Gasteiger partial charge in [0, 0.05) is 6.54 Å². The molecule has 0 aliphatic rings. The van der Waals surface area contributed by atoms with Crippen molar-refractivity contribution < 1.29 is 19.1 Å². The Balaban J connectivity index is 1.90. The van der Waals surface area contributed by atoms with Crippen LogP contribution in [0.2, 0.25) is 0 Å².